The van der Waals surface area contributed by atoms with E-state index in [1.807, 2.05) is 12.1 Å². The van der Waals surface area contributed by atoms with Crippen molar-refractivity contribution in [3.8, 4) is 5.75 Å². The van der Waals surface area contributed by atoms with Gasteiger partial charge >= 0.3 is 0 Å². The molecule has 1 saturated carbocycles. The molecule has 2 heteroatoms. The highest BCUT2D eigenvalue weighted by Crippen LogP contribution is 2.46. The Hall–Kier alpha value is -1.02. The molecule has 0 aliphatic heterocycles. The summed E-state index contributed by atoms with van der Waals surface area (Å²) in [4.78, 5) is 0. The molecule has 18 heavy (non-hydrogen) atoms. The van der Waals surface area contributed by atoms with Gasteiger partial charge in [0.05, 0.1) is 7.11 Å². The maximum absolute atomic E-state index is 6.62. The van der Waals surface area contributed by atoms with Gasteiger partial charge in [0.1, 0.15) is 5.75 Å². The molecule has 2 rings (SSSR count). The molecule has 1 aromatic carbocycles. The molecule has 1 aliphatic carbocycles. The number of hydrogen-bond donors (Lipinski definition) is 1. The van der Waals surface area contributed by atoms with Gasteiger partial charge in [-0.3, -0.25) is 0 Å². The number of nitrogens with two attached hydrogens (primary N) is 1. The van der Waals surface area contributed by atoms with Crippen LogP contribution >= 0.6 is 0 Å². The van der Waals surface area contributed by atoms with E-state index in [1.165, 1.54) is 18.4 Å². The average molecular weight is 247 g/mol. The van der Waals surface area contributed by atoms with Crippen molar-refractivity contribution in [3.05, 3.63) is 29.8 Å². The van der Waals surface area contributed by atoms with Gasteiger partial charge in [-0.1, -0.05) is 32.4 Å². The summed E-state index contributed by atoms with van der Waals surface area (Å²) in [5.41, 5.74) is 8.25. The Morgan fingerprint density at radius 1 is 1.17 bits per heavy atom. The molecule has 0 radical (unpaired) electrons. The van der Waals surface area contributed by atoms with Crippen LogP contribution in [0.1, 0.15) is 45.1 Å². The first-order valence-corrected chi connectivity index (χ1v) is 6.89. The predicted molar refractivity (Wildman–Crippen MR) is 75.9 cm³/mol. The fourth-order valence-corrected chi connectivity index (χ4v) is 3.06. The minimum atomic E-state index is 0.00687. The van der Waals surface area contributed by atoms with Gasteiger partial charge in [-0.15, -0.1) is 0 Å². The van der Waals surface area contributed by atoms with E-state index in [2.05, 4.69) is 26.0 Å². The first kappa shape index (κ1) is 13.4. The molecule has 0 spiro atoms. The summed E-state index contributed by atoms with van der Waals surface area (Å²) < 4.78 is 5.18. The Balaban J connectivity index is 1.98. The van der Waals surface area contributed by atoms with Crippen LogP contribution < -0.4 is 10.5 Å². The molecule has 1 atom stereocenters. The highest BCUT2D eigenvalue weighted by molar-refractivity contribution is 5.27. The molecule has 2 nitrogen and oxygen atoms in total. The third kappa shape index (κ3) is 2.54. The van der Waals surface area contributed by atoms with Gasteiger partial charge in [0.25, 0.3) is 0 Å². The van der Waals surface area contributed by atoms with Crippen molar-refractivity contribution >= 4 is 0 Å². The molecule has 2 N–H and O–H groups in total. The first-order chi connectivity index (χ1) is 8.47. The maximum Gasteiger partial charge on any atom is 0.118 e. The Morgan fingerprint density at radius 2 is 1.83 bits per heavy atom. The Kier molecular flexibility index (Phi) is 3.67. The average Bonchev–Trinajstić information content (AvgIpc) is 2.62. The van der Waals surface area contributed by atoms with Crippen molar-refractivity contribution in [2.45, 2.75) is 51.5 Å². The quantitative estimate of drug-likeness (QED) is 0.883. The third-order valence-electron chi connectivity index (χ3n) is 4.79. The molecule has 0 aromatic heterocycles. The van der Waals surface area contributed by atoms with Gasteiger partial charge in [-0.05, 0) is 48.8 Å². The monoisotopic (exact) mass is 247 g/mol. The van der Waals surface area contributed by atoms with Crippen molar-refractivity contribution in [1.82, 2.24) is 0 Å². The van der Waals surface area contributed by atoms with Crippen molar-refractivity contribution < 1.29 is 4.74 Å². The molecular formula is C16H25NO. The fourth-order valence-electron chi connectivity index (χ4n) is 3.06. The van der Waals surface area contributed by atoms with Crippen LogP contribution in [0.4, 0.5) is 0 Å². The second kappa shape index (κ2) is 4.93. The molecular weight excluding hydrogens is 222 g/mol. The van der Waals surface area contributed by atoms with E-state index in [0.717, 1.165) is 25.0 Å². The Bertz CT molecular complexity index is 396. The van der Waals surface area contributed by atoms with Gasteiger partial charge in [-0.2, -0.15) is 0 Å². The van der Waals surface area contributed by atoms with Gasteiger partial charge in [0.15, 0.2) is 0 Å². The van der Waals surface area contributed by atoms with E-state index in [9.17, 15) is 0 Å². The summed E-state index contributed by atoms with van der Waals surface area (Å²) in [5, 5.41) is 0. The lowest BCUT2D eigenvalue weighted by molar-refractivity contribution is 0.195. The molecule has 100 valence electrons. The minimum Gasteiger partial charge on any atom is -0.497 e. The molecule has 1 aliphatic rings. The van der Waals surface area contributed by atoms with E-state index in [0.29, 0.717) is 0 Å². The van der Waals surface area contributed by atoms with Crippen molar-refractivity contribution in [2.75, 3.05) is 7.11 Å². The number of hydrogen-bond acceptors (Lipinski definition) is 2. The van der Waals surface area contributed by atoms with Crippen molar-refractivity contribution in [3.63, 3.8) is 0 Å². The first-order valence-electron chi connectivity index (χ1n) is 6.89. The van der Waals surface area contributed by atoms with Gasteiger partial charge in [-0.25, -0.2) is 0 Å². The van der Waals surface area contributed by atoms with Crippen molar-refractivity contribution in [1.29, 1.82) is 0 Å². The third-order valence-corrected chi connectivity index (χ3v) is 4.79. The molecule has 0 saturated heterocycles. The van der Waals surface area contributed by atoms with E-state index < -0.39 is 0 Å². The number of benzene rings is 1. The summed E-state index contributed by atoms with van der Waals surface area (Å²) in [6.07, 6.45) is 5.82. The summed E-state index contributed by atoms with van der Waals surface area (Å²) in [5.74, 6) is 0.919. The SMILES string of the molecule is COc1ccc(CCC2(N)CCCC2(C)C)cc1. The fraction of sp³-hybridized carbons (Fsp3) is 0.625. The molecule has 1 fully saturated rings. The lowest BCUT2D eigenvalue weighted by Gasteiger charge is -2.38. The smallest absolute Gasteiger partial charge is 0.118 e. The maximum atomic E-state index is 6.62. The minimum absolute atomic E-state index is 0.00687. The lowest BCUT2D eigenvalue weighted by atomic mass is 9.72. The van der Waals surface area contributed by atoms with Crippen LogP contribution in [0.5, 0.6) is 5.75 Å². The number of methoxy groups -OCH3 is 1. The van der Waals surface area contributed by atoms with Crippen LogP contribution in [0.3, 0.4) is 0 Å². The predicted octanol–water partition coefficient (Wildman–Crippen LogP) is 3.54. The highest BCUT2D eigenvalue weighted by Gasteiger charge is 2.44. The molecule has 1 unspecified atom stereocenters. The highest BCUT2D eigenvalue weighted by atomic mass is 16.5. The Labute approximate surface area is 111 Å². The number of aryl methyl sites for hydroxylation is 1. The normalized spacial score (nSPS) is 26.2. The summed E-state index contributed by atoms with van der Waals surface area (Å²) in [6, 6.07) is 8.34. The van der Waals surface area contributed by atoms with E-state index in [4.69, 9.17) is 10.5 Å². The van der Waals surface area contributed by atoms with Crippen LogP contribution in [0, 0.1) is 5.41 Å². The zero-order valence-electron chi connectivity index (χ0n) is 11.8. The molecule has 0 amide bonds. The lowest BCUT2D eigenvalue weighted by Crippen LogP contribution is -2.49. The largest absolute Gasteiger partial charge is 0.497 e. The standard InChI is InChI=1S/C16H25NO/c1-15(2)10-4-11-16(15,17)12-9-13-5-7-14(18-3)8-6-13/h5-8H,4,9-12,17H2,1-3H3. The van der Waals surface area contributed by atoms with Crippen LogP contribution in [-0.2, 0) is 6.42 Å². The topological polar surface area (TPSA) is 35.2 Å². The van der Waals surface area contributed by atoms with Crippen LogP contribution in [0.2, 0.25) is 0 Å². The second-order valence-electron chi connectivity index (χ2n) is 6.24. The molecule has 0 heterocycles. The number of ether oxygens (including phenoxy) is 1. The van der Waals surface area contributed by atoms with Crippen LogP contribution in [-0.4, -0.2) is 12.6 Å². The number of rotatable bonds is 4. The zero-order valence-corrected chi connectivity index (χ0v) is 11.8. The zero-order chi connectivity index (χ0) is 13.2. The molecule has 0 bridgehead atoms. The van der Waals surface area contributed by atoms with Crippen molar-refractivity contribution in [2.24, 2.45) is 11.1 Å². The van der Waals surface area contributed by atoms with Gasteiger partial charge in [0.2, 0.25) is 0 Å². The van der Waals surface area contributed by atoms with E-state index in [-0.39, 0.29) is 11.0 Å². The van der Waals surface area contributed by atoms with Gasteiger partial charge < -0.3 is 10.5 Å². The van der Waals surface area contributed by atoms with E-state index in [1.54, 1.807) is 7.11 Å². The summed E-state index contributed by atoms with van der Waals surface area (Å²) >= 11 is 0. The van der Waals surface area contributed by atoms with Gasteiger partial charge in [0, 0.05) is 5.54 Å². The van der Waals surface area contributed by atoms with E-state index >= 15 is 0 Å². The summed E-state index contributed by atoms with van der Waals surface area (Å²) in [7, 11) is 1.70. The Morgan fingerprint density at radius 3 is 2.33 bits per heavy atom. The van der Waals surface area contributed by atoms with Crippen LogP contribution in [0.25, 0.3) is 0 Å². The van der Waals surface area contributed by atoms with Crippen LogP contribution in [0.15, 0.2) is 24.3 Å². The second-order valence-corrected chi connectivity index (χ2v) is 6.24. The molecule has 1 aromatic rings. The summed E-state index contributed by atoms with van der Waals surface area (Å²) in [6.45, 7) is 4.63.